The minimum absolute atomic E-state index is 0.276. The molecule has 104 valence electrons. The minimum atomic E-state index is -0.748. The van der Waals surface area contributed by atoms with Gasteiger partial charge in [0.1, 0.15) is 18.2 Å². The molecule has 0 aliphatic heterocycles. The fourth-order valence-corrected chi connectivity index (χ4v) is 1.75. The number of halogens is 2. The first-order chi connectivity index (χ1) is 9.49. The molecule has 2 N–H and O–H groups in total. The van der Waals surface area contributed by atoms with Crippen LogP contribution in [-0.4, -0.2) is 5.97 Å². The normalized spacial score (nSPS) is 10.3. The second kappa shape index (κ2) is 5.69. The highest BCUT2D eigenvalue weighted by Crippen LogP contribution is 2.17. The molecule has 2 aromatic carbocycles. The highest BCUT2D eigenvalue weighted by molar-refractivity contribution is 5.92. The van der Waals surface area contributed by atoms with Crippen LogP contribution < -0.4 is 5.73 Å². The number of nitrogen functional groups attached to an aromatic ring is 1. The summed E-state index contributed by atoms with van der Waals surface area (Å²) < 4.78 is 31.7. The summed E-state index contributed by atoms with van der Waals surface area (Å²) in [5.74, 6) is -2.17. The molecule has 0 aliphatic rings. The van der Waals surface area contributed by atoms with E-state index in [9.17, 15) is 13.6 Å². The van der Waals surface area contributed by atoms with Crippen molar-refractivity contribution in [2.24, 2.45) is 0 Å². The molecule has 3 nitrogen and oxygen atoms in total. The Hall–Kier alpha value is -2.43. The van der Waals surface area contributed by atoms with Gasteiger partial charge in [0.05, 0.1) is 11.1 Å². The van der Waals surface area contributed by atoms with Gasteiger partial charge in [-0.25, -0.2) is 13.6 Å². The summed E-state index contributed by atoms with van der Waals surface area (Å²) in [6.45, 7) is 1.26. The number of aryl methyl sites for hydroxylation is 1. The van der Waals surface area contributed by atoms with Crippen LogP contribution in [0, 0.1) is 18.6 Å². The van der Waals surface area contributed by atoms with Crippen molar-refractivity contribution in [3.63, 3.8) is 0 Å². The van der Waals surface area contributed by atoms with Gasteiger partial charge in [-0.2, -0.15) is 0 Å². The van der Waals surface area contributed by atoms with E-state index in [1.807, 2.05) is 0 Å². The average molecular weight is 277 g/mol. The summed E-state index contributed by atoms with van der Waals surface area (Å²) in [6, 6.07) is 8.27. The van der Waals surface area contributed by atoms with Gasteiger partial charge in [-0.15, -0.1) is 0 Å². The fraction of sp³-hybridized carbons (Fsp3) is 0.133. The number of carbonyl (C=O) groups is 1. The molecular weight excluding hydrogens is 264 g/mol. The Morgan fingerprint density at radius 3 is 2.50 bits per heavy atom. The lowest BCUT2D eigenvalue weighted by molar-refractivity contribution is 0.0464. The van der Waals surface area contributed by atoms with Gasteiger partial charge < -0.3 is 10.5 Å². The third-order valence-electron chi connectivity index (χ3n) is 2.89. The van der Waals surface area contributed by atoms with Crippen molar-refractivity contribution in [2.75, 3.05) is 5.73 Å². The first-order valence-electron chi connectivity index (χ1n) is 5.95. The van der Waals surface area contributed by atoms with Crippen molar-refractivity contribution in [1.82, 2.24) is 0 Å². The van der Waals surface area contributed by atoms with Crippen LogP contribution in [-0.2, 0) is 11.3 Å². The van der Waals surface area contributed by atoms with Gasteiger partial charge >= 0.3 is 5.97 Å². The van der Waals surface area contributed by atoms with Crippen LogP contribution in [0.1, 0.15) is 21.5 Å². The zero-order chi connectivity index (χ0) is 14.7. The molecule has 0 atom stereocenters. The van der Waals surface area contributed by atoms with E-state index >= 15 is 0 Å². The second-order valence-electron chi connectivity index (χ2n) is 4.35. The van der Waals surface area contributed by atoms with Crippen LogP contribution in [0.5, 0.6) is 0 Å². The maximum atomic E-state index is 13.4. The quantitative estimate of drug-likeness (QED) is 0.692. The lowest BCUT2D eigenvalue weighted by Crippen LogP contribution is -2.09. The van der Waals surface area contributed by atoms with E-state index in [4.69, 9.17) is 10.5 Å². The molecule has 0 bridgehead atoms. The lowest BCUT2D eigenvalue weighted by atomic mass is 10.1. The number of anilines is 1. The number of carbonyl (C=O) groups excluding carboxylic acids is 1. The Morgan fingerprint density at radius 2 is 1.85 bits per heavy atom. The topological polar surface area (TPSA) is 52.3 Å². The van der Waals surface area contributed by atoms with E-state index in [-0.39, 0.29) is 11.1 Å². The standard InChI is InChI=1S/C15H13F2NO2/c1-9-5-6-10(18)7-11(9)15(19)20-8-12-13(16)3-2-4-14(12)17/h2-7H,8,18H2,1H3. The number of esters is 1. The average Bonchev–Trinajstić information content (AvgIpc) is 2.40. The molecule has 0 fully saturated rings. The van der Waals surface area contributed by atoms with Crippen molar-refractivity contribution in [3.8, 4) is 0 Å². The van der Waals surface area contributed by atoms with Gasteiger partial charge in [-0.05, 0) is 36.8 Å². The molecule has 0 heterocycles. The van der Waals surface area contributed by atoms with Crippen LogP contribution in [0.3, 0.4) is 0 Å². The molecule has 0 unspecified atom stereocenters. The maximum absolute atomic E-state index is 13.4. The highest BCUT2D eigenvalue weighted by atomic mass is 19.1. The number of hydrogen-bond acceptors (Lipinski definition) is 3. The first kappa shape index (κ1) is 14.0. The van der Waals surface area contributed by atoms with Gasteiger partial charge in [0.25, 0.3) is 0 Å². The summed E-state index contributed by atoms with van der Waals surface area (Å²) in [5, 5.41) is 0. The highest BCUT2D eigenvalue weighted by Gasteiger charge is 2.14. The number of rotatable bonds is 3. The molecule has 5 heteroatoms. The maximum Gasteiger partial charge on any atom is 0.338 e. The fourth-order valence-electron chi connectivity index (χ4n) is 1.75. The lowest BCUT2D eigenvalue weighted by Gasteiger charge is -2.09. The largest absolute Gasteiger partial charge is 0.457 e. The summed E-state index contributed by atoms with van der Waals surface area (Å²) in [7, 11) is 0. The van der Waals surface area contributed by atoms with Crippen LogP contribution >= 0.6 is 0 Å². The first-order valence-corrected chi connectivity index (χ1v) is 5.95. The van der Waals surface area contributed by atoms with Gasteiger partial charge in [-0.3, -0.25) is 0 Å². The summed E-state index contributed by atoms with van der Waals surface area (Å²) >= 11 is 0. The van der Waals surface area contributed by atoms with E-state index in [0.717, 1.165) is 12.1 Å². The SMILES string of the molecule is Cc1ccc(N)cc1C(=O)OCc1c(F)cccc1F. The summed E-state index contributed by atoms with van der Waals surface area (Å²) in [6.07, 6.45) is 0. The third-order valence-corrected chi connectivity index (χ3v) is 2.89. The van der Waals surface area contributed by atoms with E-state index in [0.29, 0.717) is 11.3 Å². The van der Waals surface area contributed by atoms with Crippen molar-refractivity contribution in [3.05, 3.63) is 64.7 Å². The van der Waals surface area contributed by atoms with Crippen molar-refractivity contribution in [2.45, 2.75) is 13.5 Å². The van der Waals surface area contributed by atoms with Crippen molar-refractivity contribution in [1.29, 1.82) is 0 Å². The number of nitrogens with two attached hydrogens (primary N) is 1. The smallest absolute Gasteiger partial charge is 0.338 e. The molecule has 20 heavy (non-hydrogen) atoms. The van der Waals surface area contributed by atoms with E-state index in [1.165, 1.54) is 12.1 Å². The van der Waals surface area contributed by atoms with E-state index < -0.39 is 24.2 Å². The zero-order valence-corrected chi connectivity index (χ0v) is 10.8. The van der Waals surface area contributed by atoms with Gasteiger partial charge in [0.15, 0.2) is 0 Å². The number of hydrogen-bond donors (Lipinski definition) is 1. The van der Waals surface area contributed by atoms with Gasteiger partial charge in [0, 0.05) is 5.69 Å². The van der Waals surface area contributed by atoms with E-state index in [2.05, 4.69) is 0 Å². The van der Waals surface area contributed by atoms with Crippen molar-refractivity contribution >= 4 is 11.7 Å². The van der Waals surface area contributed by atoms with Crippen LogP contribution in [0.4, 0.5) is 14.5 Å². The van der Waals surface area contributed by atoms with Gasteiger partial charge in [0.2, 0.25) is 0 Å². The predicted molar refractivity (Wildman–Crippen MR) is 71.1 cm³/mol. The predicted octanol–water partition coefficient (Wildman–Crippen LogP) is 3.21. The van der Waals surface area contributed by atoms with Crippen LogP contribution in [0.15, 0.2) is 36.4 Å². The Morgan fingerprint density at radius 1 is 1.20 bits per heavy atom. The zero-order valence-electron chi connectivity index (χ0n) is 10.8. The number of benzene rings is 2. The molecule has 0 spiro atoms. The molecule has 0 radical (unpaired) electrons. The number of ether oxygens (including phenoxy) is 1. The Kier molecular flexibility index (Phi) is 3.98. The molecule has 0 amide bonds. The summed E-state index contributed by atoms with van der Waals surface area (Å²) in [4.78, 5) is 11.9. The molecule has 0 aliphatic carbocycles. The summed E-state index contributed by atoms with van der Waals surface area (Å²) in [5.41, 5.74) is 6.69. The molecule has 2 aromatic rings. The van der Waals surface area contributed by atoms with Gasteiger partial charge in [-0.1, -0.05) is 12.1 Å². The Labute approximate surface area is 115 Å². The van der Waals surface area contributed by atoms with Crippen LogP contribution in [0.25, 0.3) is 0 Å². The second-order valence-corrected chi connectivity index (χ2v) is 4.35. The molecule has 0 saturated carbocycles. The Bertz CT molecular complexity index is 636. The third kappa shape index (κ3) is 2.93. The molecular formula is C15H13F2NO2. The van der Waals surface area contributed by atoms with E-state index in [1.54, 1.807) is 19.1 Å². The minimum Gasteiger partial charge on any atom is -0.457 e. The molecule has 0 saturated heterocycles. The Balaban J connectivity index is 2.15. The van der Waals surface area contributed by atoms with Crippen molar-refractivity contribution < 1.29 is 18.3 Å². The molecule has 2 rings (SSSR count). The van der Waals surface area contributed by atoms with Crippen LogP contribution in [0.2, 0.25) is 0 Å². The monoisotopic (exact) mass is 277 g/mol. The molecule has 0 aromatic heterocycles.